The van der Waals surface area contributed by atoms with Gasteiger partial charge in [-0.2, -0.15) is 0 Å². The summed E-state index contributed by atoms with van der Waals surface area (Å²) in [6.07, 6.45) is 0.970. The third-order valence-corrected chi connectivity index (χ3v) is 5.07. The summed E-state index contributed by atoms with van der Waals surface area (Å²) in [4.78, 5) is 24.8. The van der Waals surface area contributed by atoms with Gasteiger partial charge in [-0.15, -0.1) is 0 Å². The Morgan fingerprint density at radius 2 is 1.60 bits per heavy atom. The molecule has 0 fully saturated rings. The van der Waals surface area contributed by atoms with Crippen molar-refractivity contribution in [2.24, 2.45) is 11.5 Å². The molecule has 2 aromatic carbocycles. The van der Waals surface area contributed by atoms with Gasteiger partial charge in [0, 0.05) is 12.6 Å². The summed E-state index contributed by atoms with van der Waals surface area (Å²) in [5, 5.41) is 15.1. The SMILES string of the molecule is Cc1cc(O)cc(C)c1C[C@H](N)C(=O)N[C@@H](C)C(=O)NC[C@@H](N)Cc1ccccc1. The molecule has 7 heteroatoms. The minimum atomic E-state index is -0.803. The number of carbonyl (C=O) groups excluding carboxylic acids is 2. The molecule has 0 bridgehead atoms. The number of phenols is 1. The van der Waals surface area contributed by atoms with Gasteiger partial charge in [0.05, 0.1) is 6.04 Å². The molecule has 0 aliphatic heterocycles. The number of amides is 2. The fourth-order valence-electron chi connectivity index (χ4n) is 3.36. The highest BCUT2D eigenvalue weighted by molar-refractivity contribution is 5.89. The summed E-state index contributed by atoms with van der Waals surface area (Å²) < 4.78 is 0. The lowest BCUT2D eigenvalue weighted by Crippen LogP contribution is -2.52. The van der Waals surface area contributed by atoms with E-state index in [1.807, 2.05) is 44.2 Å². The molecule has 0 aliphatic rings. The van der Waals surface area contributed by atoms with E-state index in [1.54, 1.807) is 19.1 Å². The fraction of sp³-hybridized carbons (Fsp3) is 0.391. The number of hydrogen-bond donors (Lipinski definition) is 5. The lowest BCUT2D eigenvalue weighted by atomic mass is 9.96. The van der Waals surface area contributed by atoms with Gasteiger partial charge in [0.15, 0.2) is 0 Å². The second kappa shape index (κ2) is 10.8. The number of aryl methyl sites for hydroxylation is 2. The summed E-state index contributed by atoms with van der Waals surface area (Å²) >= 11 is 0. The lowest BCUT2D eigenvalue weighted by Gasteiger charge is -2.20. The van der Waals surface area contributed by atoms with E-state index in [1.165, 1.54) is 0 Å². The smallest absolute Gasteiger partial charge is 0.242 e. The molecule has 0 radical (unpaired) electrons. The molecule has 0 saturated carbocycles. The maximum absolute atomic E-state index is 12.4. The number of nitrogens with two attached hydrogens (primary N) is 2. The van der Waals surface area contributed by atoms with E-state index in [0.717, 1.165) is 22.3 Å². The van der Waals surface area contributed by atoms with Crippen LogP contribution in [0.4, 0.5) is 0 Å². The number of benzene rings is 2. The number of nitrogens with one attached hydrogen (secondary N) is 2. The molecule has 2 rings (SSSR count). The molecule has 0 aliphatic carbocycles. The number of hydrogen-bond acceptors (Lipinski definition) is 5. The van der Waals surface area contributed by atoms with E-state index in [0.29, 0.717) is 19.4 Å². The quantitative estimate of drug-likeness (QED) is 0.421. The molecule has 162 valence electrons. The average molecular weight is 413 g/mol. The van der Waals surface area contributed by atoms with Gasteiger partial charge in [-0.25, -0.2) is 0 Å². The van der Waals surface area contributed by atoms with Crippen LogP contribution >= 0.6 is 0 Å². The van der Waals surface area contributed by atoms with Crippen molar-refractivity contribution < 1.29 is 14.7 Å². The van der Waals surface area contributed by atoms with Crippen molar-refractivity contribution in [3.8, 4) is 5.75 Å². The molecule has 0 aromatic heterocycles. The van der Waals surface area contributed by atoms with E-state index in [9.17, 15) is 14.7 Å². The summed E-state index contributed by atoms with van der Waals surface area (Å²) in [7, 11) is 0. The fourth-order valence-corrected chi connectivity index (χ4v) is 3.36. The first-order valence-electron chi connectivity index (χ1n) is 10.1. The maximum Gasteiger partial charge on any atom is 0.242 e. The molecule has 3 atom stereocenters. The van der Waals surface area contributed by atoms with Crippen LogP contribution in [-0.2, 0) is 22.4 Å². The Morgan fingerprint density at radius 3 is 2.20 bits per heavy atom. The van der Waals surface area contributed by atoms with E-state index < -0.39 is 18.0 Å². The molecule has 2 aromatic rings. The topological polar surface area (TPSA) is 130 Å². The number of carbonyl (C=O) groups is 2. The molecule has 0 spiro atoms. The van der Waals surface area contributed by atoms with Gasteiger partial charge >= 0.3 is 0 Å². The largest absolute Gasteiger partial charge is 0.508 e. The standard InChI is InChI=1S/C23H32N4O3/c1-14-9-19(28)10-15(2)20(14)12-21(25)23(30)27-16(3)22(29)26-13-18(24)11-17-7-5-4-6-8-17/h4-10,16,18,21,28H,11-13,24-25H2,1-3H3,(H,26,29)(H,27,30)/t16-,18-,21-/m0/s1. The van der Waals surface area contributed by atoms with E-state index in [-0.39, 0.29) is 17.7 Å². The van der Waals surface area contributed by atoms with Crippen LogP contribution in [0, 0.1) is 13.8 Å². The summed E-state index contributed by atoms with van der Waals surface area (Å²) in [5.74, 6) is -0.531. The highest BCUT2D eigenvalue weighted by Gasteiger charge is 2.22. The van der Waals surface area contributed by atoms with Crippen molar-refractivity contribution in [2.75, 3.05) is 6.54 Å². The van der Waals surface area contributed by atoms with Crippen LogP contribution in [-0.4, -0.2) is 41.6 Å². The van der Waals surface area contributed by atoms with Crippen molar-refractivity contribution in [1.82, 2.24) is 10.6 Å². The summed E-state index contributed by atoms with van der Waals surface area (Å²) in [6.45, 7) is 5.65. The number of phenolic OH excluding ortho intramolecular Hbond substituents is 1. The Balaban J connectivity index is 1.82. The molecule has 0 heterocycles. The Labute approximate surface area is 177 Å². The van der Waals surface area contributed by atoms with Crippen LogP contribution in [0.2, 0.25) is 0 Å². The van der Waals surface area contributed by atoms with Crippen LogP contribution in [0.15, 0.2) is 42.5 Å². The molecular formula is C23H32N4O3. The van der Waals surface area contributed by atoms with Crippen molar-refractivity contribution in [3.63, 3.8) is 0 Å². The van der Waals surface area contributed by atoms with E-state index in [4.69, 9.17) is 11.5 Å². The second-order valence-electron chi connectivity index (χ2n) is 7.79. The first-order valence-corrected chi connectivity index (χ1v) is 10.1. The molecule has 2 amide bonds. The predicted octanol–water partition coefficient (Wildman–Crippen LogP) is 1.07. The minimum absolute atomic E-state index is 0.183. The Kier molecular flexibility index (Phi) is 8.38. The van der Waals surface area contributed by atoms with Crippen LogP contribution in [0.25, 0.3) is 0 Å². The van der Waals surface area contributed by atoms with Crippen LogP contribution in [0.5, 0.6) is 5.75 Å². The molecule has 0 unspecified atom stereocenters. The van der Waals surface area contributed by atoms with E-state index in [2.05, 4.69) is 10.6 Å². The number of rotatable bonds is 9. The van der Waals surface area contributed by atoms with Gasteiger partial charge in [-0.3, -0.25) is 9.59 Å². The minimum Gasteiger partial charge on any atom is -0.508 e. The molecule has 30 heavy (non-hydrogen) atoms. The van der Waals surface area contributed by atoms with Crippen molar-refractivity contribution in [3.05, 3.63) is 64.7 Å². The Morgan fingerprint density at radius 1 is 1.00 bits per heavy atom. The molecule has 7 N–H and O–H groups in total. The molecular weight excluding hydrogens is 380 g/mol. The van der Waals surface area contributed by atoms with Crippen molar-refractivity contribution >= 4 is 11.8 Å². The van der Waals surface area contributed by atoms with Crippen LogP contribution in [0.1, 0.15) is 29.2 Å². The highest BCUT2D eigenvalue weighted by Crippen LogP contribution is 2.21. The van der Waals surface area contributed by atoms with Crippen molar-refractivity contribution in [2.45, 2.75) is 51.7 Å². The van der Waals surface area contributed by atoms with Crippen LogP contribution < -0.4 is 22.1 Å². The summed E-state index contributed by atoms with van der Waals surface area (Å²) in [6, 6.07) is 11.3. The van der Waals surface area contributed by atoms with Gasteiger partial charge in [0.1, 0.15) is 11.8 Å². The Hall–Kier alpha value is -2.90. The highest BCUT2D eigenvalue weighted by atomic mass is 16.3. The zero-order chi connectivity index (χ0) is 22.3. The zero-order valence-electron chi connectivity index (χ0n) is 17.8. The molecule has 7 nitrogen and oxygen atoms in total. The normalized spacial score (nSPS) is 13.9. The first-order chi connectivity index (χ1) is 14.2. The van der Waals surface area contributed by atoms with Gasteiger partial charge in [-0.05, 0) is 68.0 Å². The van der Waals surface area contributed by atoms with Gasteiger partial charge < -0.3 is 27.2 Å². The average Bonchev–Trinajstić information content (AvgIpc) is 2.69. The number of aromatic hydroxyl groups is 1. The maximum atomic E-state index is 12.4. The summed E-state index contributed by atoms with van der Waals surface area (Å²) in [5.41, 5.74) is 15.9. The van der Waals surface area contributed by atoms with Gasteiger partial charge in [0.2, 0.25) is 11.8 Å². The lowest BCUT2D eigenvalue weighted by molar-refractivity contribution is -0.129. The second-order valence-corrected chi connectivity index (χ2v) is 7.79. The van der Waals surface area contributed by atoms with Crippen LogP contribution in [0.3, 0.4) is 0 Å². The monoisotopic (exact) mass is 412 g/mol. The van der Waals surface area contributed by atoms with Crippen molar-refractivity contribution in [1.29, 1.82) is 0 Å². The predicted molar refractivity (Wildman–Crippen MR) is 118 cm³/mol. The van der Waals surface area contributed by atoms with E-state index >= 15 is 0 Å². The first kappa shape index (κ1) is 23.4. The Bertz CT molecular complexity index is 847. The third-order valence-electron chi connectivity index (χ3n) is 5.07. The van der Waals surface area contributed by atoms with Gasteiger partial charge in [0.25, 0.3) is 0 Å². The molecule has 0 saturated heterocycles. The van der Waals surface area contributed by atoms with Gasteiger partial charge in [-0.1, -0.05) is 30.3 Å². The zero-order valence-corrected chi connectivity index (χ0v) is 17.8. The third kappa shape index (κ3) is 6.86.